The fourth-order valence-electron chi connectivity index (χ4n) is 1.79. The van der Waals surface area contributed by atoms with Crippen molar-refractivity contribution >= 4 is 23.8 Å². The molecule has 1 heterocycles. The van der Waals surface area contributed by atoms with E-state index in [0.717, 1.165) is 0 Å². The fraction of sp³-hybridized carbons (Fsp3) is 0.667. The van der Waals surface area contributed by atoms with E-state index in [-0.39, 0.29) is 23.9 Å². The molecular formula is C12H18N2O3S. The summed E-state index contributed by atoms with van der Waals surface area (Å²) in [5.41, 5.74) is 0. The number of carbonyl (C=O) groups excluding carboxylic acids is 1. The standard InChI is InChI=1S/C12H18N2O3S/c1-4-5-6-13-12(17)14-9(11(15)16)7-18-10(14)8(2)3/h8-10H,6-7H2,1-3H3,(H,13,17)(H,15,16). The molecule has 6 heteroatoms. The highest BCUT2D eigenvalue weighted by atomic mass is 32.2. The van der Waals surface area contributed by atoms with E-state index >= 15 is 0 Å². The zero-order valence-electron chi connectivity index (χ0n) is 10.8. The summed E-state index contributed by atoms with van der Waals surface area (Å²) < 4.78 is 0. The molecule has 1 rings (SSSR count). The lowest BCUT2D eigenvalue weighted by atomic mass is 10.2. The third kappa shape index (κ3) is 3.33. The average molecular weight is 270 g/mol. The lowest BCUT2D eigenvalue weighted by Crippen LogP contribution is -2.51. The van der Waals surface area contributed by atoms with Crippen molar-refractivity contribution in [3.05, 3.63) is 0 Å². The molecule has 0 radical (unpaired) electrons. The zero-order chi connectivity index (χ0) is 13.7. The molecule has 0 spiro atoms. The minimum atomic E-state index is -0.956. The van der Waals surface area contributed by atoms with Gasteiger partial charge in [-0.15, -0.1) is 17.7 Å². The maximum Gasteiger partial charge on any atom is 0.327 e. The van der Waals surface area contributed by atoms with Crippen molar-refractivity contribution in [1.29, 1.82) is 0 Å². The van der Waals surface area contributed by atoms with E-state index in [2.05, 4.69) is 17.2 Å². The van der Waals surface area contributed by atoms with Gasteiger partial charge in [0.05, 0.1) is 11.9 Å². The summed E-state index contributed by atoms with van der Waals surface area (Å²) in [7, 11) is 0. The molecule has 2 amide bonds. The van der Waals surface area contributed by atoms with Gasteiger partial charge in [-0.05, 0) is 12.8 Å². The normalized spacial score (nSPS) is 22.6. The molecule has 1 saturated heterocycles. The van der Waals surface area contributed by atoms with Crippen molar-refractivity contribution in [3.8, 4) is 11.8 Å². The highest BCUT2D eigenvalue weighted by molar-refractivity contribution is 8.00. The maximum absolute atomic E-state index is 12.0. The number of thioether (sulfide) groups is 1. The molecule has 0 saturated carbocycles. The summed E-state index contributed by atoms with van der Waals surface area (Å²) in [5.74, 6) is 5.09. The summed E-state index contributed by atoms with van der Waals surface area (Å²) in [6.45, 7) is 5.89. The molecule has 1 fully saturated rings. The van der Waals surface area contributed by atoms with E-state index in [1.165, 1.54) is 16.7 Å². The zero-order valence-corrected chi connectivity index (χ0v) is 11.6. The molecule has 0 aromatic rings. The molecule has 0 aromatic heterocycles. The van der Waals surface area contributed by atoms with Crippen molar-refractivity contribution in [3.63, 3.8) is 0 Å². The Bertz CT molecular complexity index is 387. The van der Waals surface area contributed by atoms with E-state index in [1.807, 2.05) is 13.8 Å². The average Bonchev–Trinajstić information content (AvgIpc) is 2.73. The SMILES string of the molecule is CC#CCNC(=O)N1C(C(=O)O)CSC1C(C)C. The number of nitrogens with one attached hydrogen (secondary N) is 1. The molecule has 0 aliphatic carbocycles. The topological polar surface area (TPSA) is 69.6 Å². The van der Waals surface area contributed by atoms with Gasteiger partial charge in [-0.3, -0.25) is 4.90 Å². The number of carboxylic acid groups (broad SMARTS) is 1. The third-order valence-electron chi connectivity index (χ3n) is 2.63. The lowest BCUT2D eigenvalue weighted by molar-refractivity contribution is -0.141. The van der Waals surface area contributed by atoms with Gasteiger partial charge in [0.15, 0.2) is 0 Å². The maximum atomic E-state index is 12.0. The number of hydrogen-bond donors (Lipinski definition) is 2. The first kappa shape index (κ1) is 14.7. The predicted octanol–water partition coefficient (Wildman–Crippen LogP) is 1.20. The van der Waals surface area contributed by atoms with Crippen LogP contribution in [0.3, 0.4) is 0 Å². The van der Waals surface area contributed by atoms with E-state index in [0.29, 0.717) is 5.75 Å². The number of amides is 2. The number of rotatable bonds is 3. The second-order valence-corrected chi connectivity index (χ2v) is 5.46. The molecule has 5 nitrogen and oxygen atoms in total. The molecule has 2 atom stereocenters. The van der Waals surface area contributed by atoms with Crippen molar-refractivity contribution in [1.82, 2.24) is 10.2 Å². The molecule has 1 aliphatic rings. The molecule has 0 aromatic carbocycles. The summed E-state index contributed by atoms with van der Waals surface area (Å²) >= 11 is 1.51. The van der Waals surface area contributed by atoms with Crippen molar-refractivity contribution < 1.29 is 14.7 Å². The van der Waals surface area contributed by atoms with Crippen molar-refractivity contribution in [2.75, 3.05) is 12.3 Å². The summed E-state index contributed by atoms with van der Waals surface area (Å²) in [4.78, 5) is 24.6. The second kappa shape index (κ2) is 6.55. The largest absolute Gasteiger partial charge is 0.480 e. The van der Waals surface area contributed by atoms with Crippen LogP contribution in [0.4, 0.5) is 4.79 Å². The second-order valence-electron chi connectivity index (χ2n) is 4.31. The smallest absolute Gasteiger partial charge is 0.327 e. The Balaban J connectivity index is 2.78. The van der Waals surface area contributed by atoms with Gasteiger partial charge in [0, 0.05) is 5.75 Å². The minimum Gasteiger partial charge on any atom is -0.480 e. The van der Waals surface area contributed by atoms with Crippen LogP contribution in [0.5, 0.6) is 0 Å². The van der Waals surface area contributed by atoms with Gasteiger partial charge in [-0.2, -0.15) is 0 Å². The van der Waals surface area contributed by atoms with Crippen LogP contribution in [0.25, 0.3) is 0 Å². The molecule has 100 valence electrons. The van der Waals surface area contributed by atoms with Gasteiger partial charge < -0.3 is 10.4 Å². The van der Waals surface area contributed by atoms with Crippen LogP contribution in [-0.4, -0.2) is 45.7 Å². The molecule has 2 N–H and O–H groups in total. The van der Waals surface area contributed by atoms with Crippen LogP contribution >= 0.6 is 11.8 Å². The lowest BCUT2D eigenvalue weighted by Gasteiger charge is -2.29. The minimum absolute atomic E-state index is 0.0966. The van der Waals surface area contributed by atoms with Crippen LogP contribution in [0.15, 0.2) is 0 Å². The molecule has 1 aliphatic heterocycles. The van der Waals surface area contributed by atoms with Gasteiger partial charge in [0.25, 0.3) is 0 Å². The Morgan fingerprint density at radius 1 is 1.56 bits per heavy atom. The molecular weight excluding hydrogens is 252 g/mol. The number of aliphatic carboxylic acids is 1. The molecule has 0 bridgehead atoms. The van der Waals surface area contributed by atoms with Crippen LogP contribution < -0.4 is 5.32 Å². The first-order valence-corrected chi connectivity index (χ1v) is 6.84. The Morgan fingerprint density at radius 2 is 2.22 bits per heavy atom. The van der Waals surface area contributed by atoms with Crippen molar-refractivity contribution in [2.24, 2.45) is 5.92 Å². The van der Waals surface area contributed by atoms with Gasteiger partial charge >= 0.3 is 12.0 Å². The first-order valence-electron chi connectivity index (χ1n) is 5.79. The van der Waals surface area contributed by atoms with Crippen LogP contribution in [-0.2, 0) is 4.79 Å². The predicted molar refractivity (Wildman–Crippen MR) is 71.2 cm³/mol. The Labute approximate surface area is 111 Å². The number of carbonyl (C=O) groups is 2. The Kier molecular flexibility index (Phi) is 5.35. The van der Waals surface area contributed by atoms with Crippen LogP contribution in [0.1, 0.15) is 20.8 Å². The number of hydrogen-bond acceptors (Lipinski definition) is 3. The number of nitrogens with zero attached hydrogens (tertiary/aromatic N) is 1. The van der Waals surface area contributed by atoms with E-state index in [1.54, 1.807) is 6.92 Å². The summed E-state index contributed by atoms with van der Waals surface area (Å²) in [5, 5.41) is 11.7. The Hall–Kier alpha value is -1.35. The molecule has 18 heavy (non-hydrogen) atoms. The number of carboxylic acids is 1. The van der Waals surface area contributed by atoms with Gasteiger partial charge in [-0.1, -0.05) is 19.8 Å². The highest BCUT2D eigenvalue weighted by Gasteiger charge is 2.42. The Morgan fingerprint density at radius 3 is 2.72 bits per heavy atom. The van der Waals surface area contributed by atoms with Gasteiger partial charge in [-0.25, -0.2) is 9.59 Å². The quantitative estimate of drug-likeness (QED) is 0.756. The van der Waals surface area contributed by atoms with E-state index in [9.17, 15) is 9.59 Å². The van der Waals surface area contributed by atoms with Crippen molar-refractivity contribution in [2.45, 2.75) is 32.2 Å². The summed E-state index contributed by atoms with van der Waals surface area (Å²) in [6.07, 6.45) is 0. The third-order valence-corrected chi connectivity index (χ3v) is 4.25. The monoisotopic (exact) mass is 270 g/mol. The van der Waals surface area contributed by atoms with Gasteiger partial charge in [0.2, 0.25) is 0 Å². The first-order chi connectivity index (χ1) is 8.49. The van der Waals surface area contributed by atoms with Crippen LogP contribution in [0, 0.1) is 17.8 Å². The summed E-state index contributed by atoms with van der Waals surface area (Å²) in [6, 6.07) is -1.11. The van der Waals surface area contributed by atoms with Gasteiger partial charge in [0.1, 0.15) is 6.04 Å². The van der Waals surface area contributed by atoms with Crippen LogP contribution in [0.2, 0.25) is 0 Å². The highest BCUT2D eigenvalue weighted by Crippen LogP contribution is 2.33. The van der Waals surface area contributed by atoms with E-state index < -0.39 is 12.0 Å². The molecule has 2 unspecified atom stereocenters. The fourth-order valence-corrected chi connectivity index (χ4v) is 3.26. The van der Waals surface area contributed by atoms with E-state index in [4.69, 9.17) is 5.11 Å². The number of urea groups is 1.